The number of rotatable bonds is 3. The molecule has 0 aromatic rings. The van der Waals surface area contributed by atoms with E-state index < -0.39 is 11.7 Å². The Bertz CT molecular complexity index is 236. The van der Waals surface area contributed by atoms with Gasteiger partial charge in [0.15, 0.2) is 0 Å². The standard InChI is InChI=1S/C11H19NO2/c1-6-7-9(2)8-12-10(13)14-11(3,4)5/h6-7H,2,8H2,1,3-5H3,(H,12,13)/b7-6-. The minimum atomic E-state index is -0.452. The van der Waals surface area contributed by atoms with Crippen molar-refractivity contribution in [2.75, 3.05) is 6.54 Å². The molecule has 0 aliphatic heterocycles. The van der Waals surface area contributed by atoms with E-state index in [-0.39, 0.29) is 0 Å². The summed E-state index contributed by atoms with van der Waals surface area (Å²) in [6.07, 6.45) is 3.30. The molecular formula is C11H19NO2. The van der Waals surface area contributed by atoms with Crippen molar-refractivity contribution in [3.8, 4) is 0 Å². The third-order valence-corrected chi connectivity index (χ3v) is 1.26. The predicted octanol–water partition coefficient (Wildman–Crippen LogP) is 2.64. The van der Waals surface area contributed by atoms with Gasteiger partial charge in [0.05, 0.1) is 0 Å². The van der Waals surface area contributed by atoms with E-state index in [2.05, 4.69) is 11.9 Å². The van der Waals surface area contributed by atoms with Crippen LogP contribution in [-0.4, -0.2) is 18.2 Å². The summed E-state index contributed by atoms with van der Waals surface area (Å²) in [7, 11) is 0. The summed E-state index contributed by atoms with van der Waals surface area (Å²) in [5, 5.41) is 2.61. The van der Waals surface area contributed by atoms with Crippen LogP contribution in [0.15, 0.2) is 24.3 Å². The lowest BCUT2D eigenvalue weighted by atomic mass is 10.2. The zero-order valence-electron chi connectivity index (χ0n) is 9.39. The lowest BCUT2D eigenvalue weighted by Crippen LogP contribution is -2.33. The van der Waals surface area contributed by atoms with Crippen molar-refractivity contribution in [2.24, 2.45) is 0 Å². The molecule has 0 unspecified atom stereocenters. The molecule has 1 amide bonds. The molecule has 0 saturated heterocycles. The van der Waals surface area contributed by atoms with Crippen LogP contribution in [0.2, 0.25) is 0 Å². The van der Waals surface area contributed by atoms with Gasteiger partial charge in [-0.2, -0.15) is 0 Å². The van der Waals surface area contributed by atoms with Gasteiger partial charge in [0.1, 0.15) is 5.60 Å². The van der Waals surface area contributed by atoms with E-state index in [1.807, 2.05) is 39.8 Å². The van der Waals surface area contributed by atoms with Crippen molar-refractivity contribution in [1.82, 2.24) is 5.32 Å². The van der Waals surface area contributed by atoms with Gasteiger partial charge in [-0.25, -0.2) is 4.79 Å². The Labute approximate surface area is 85.8 Å². The third kappa shape index (κ3) is 7.40. The molecule has 0 fully saturated rings. The summed E-state index contributed by atoms with van der Waals surface area (Å²) in [6, 6.07) is 0. The Kier molecular flexibility index (Phi) is 4.99. The molecule has 0 aromatic heterocycles. The number of ether oxygens (including phenoxy) is 1. The summed E-state index contributed by atoms with van der Waals surface area (Å²) < 4.78 is 5.05. The number of carbonyl (C=O) groups excluding carboxylic acids is 1. The van der Waals surface area contributed by atoms with Crippen molar-refractivity contribution in [3.05, 3.63) is 24.3 Å². The van der Waals surface area contributed by atoms with Crippen LogP contribution >= 0.6 is 0 Å². The highest BCUT2D eigenvalue weighted by atomic mass is 16.6. The summed E-state index contributed by atoms with van der Waals surface area (Å²) in [5.74, 6) is 0. The first-order valence-corrected chi connectivity index (χ1v) is 4.62. The molecule has 1 N–H and O–H groups in total. The Balaban J connectivity index is 3.81. The Hall–Kier alpha value is -1.25. The number of alkyl carbamates (subject to hydrolysis) is 1. The lowest BCUT2D eigenvalue weighted by molar-refractivity contribution is 0.0533. The Morgan fingerprint density at radius 1 is 1.50 bits per heavy atom. The summed E-state index contributed by atoms with van der Waals surface area (Å²) in [4.78, 5) is 11.2. The second-order valence-corrected chi connectivity index (χ2v) is 4.01. The van der Waals surface area contributed by atoms with Crippen LogP contribution in [0.1, 0.15) is 27.7 Å². The smallest absolute Gasteiger partial charge is 0.407 e. The van der Waals surface area contributed by atoms with Crippen LogP contribution in [0.3, 0.4) is 0 Å². The molecule has 0 spiro atoms. The van der Waals surface area contributed by atoms with Crippen molar-refractivity contribution in [2.45, 2.75) is 33.3 Å². The number of allylic oxidation sites excluding steroid dienone is 1. The molecule has 0 atom stereocenters. The van der Waals surface area contributed by atoms with Gasteiger partial charge in [-0.15, -0.1) is 0 Å². The number of nitrogens with one attached hydrogen (secondary N) is 1. The molecule has 0 aliphatic carbocycles. The molecular weight excluding hydrogens is 178 g/mol. The maximum absolute atomic E-state index is 11.2. The predicted molar refractivity (Wildman–Crippen MR) is 58.2 cm³/mol. The Morgan fingerprint density at radius 2 is 2.07 bits per heavy atom. The van der Waals surface area contributed by atoms with Gasteiger partial charge >= 0.3 is 6.09 Å². The van der Waals surface area contributed by atoms with E-state index in [1.165, 1.54) is 0 Å². The average molecular weight is 197 g/mol. The molecule has 0 saturated carbocycles. The first-order chi connectivity index (χ1) is 6.35. The lowest BCUT2D eigenvalue weighted by Gasteiger charge is -2.19. The van der Waals surface area contributed by atoms with Crippen LogP contribution in [0, 0.1) is 0 Å². The summed E-state index contributed by atoms with van der Waals surface area (Å²) >= 11 is 0. The number of hydrogen-bond acceptors (Lipinski definition) is 2. The fourth-order valence-electron chi connectivity index (χ4n) is 0.795. The molecule has 80 valence electrons. The van der Waals surface area contributed by atoms with Crippen molar-refractivity contribution in [1.29, 1.82) is 0 Å². The van der Waals surface area contributed by atoms with E-state index in [4.69, 9.17) is 4.74 Å². The first kappa shape index (κ1) is 12.8. The highest BCUT2D eigenvalue weighted by Crippen LogP contribution is 2.06. The van der Waals surface area contributed by atoms with Crippen molar-refractivity contribution < 1.29 is 9.53 Å². The summed E-state index contributed by atoms with van der Waals surface area (Å²) in [6.45, 7) is 11.6. The van der Waals surface area contributed by atoms with Gasteiger partial charge in [0, 0.05) is 6.54 Å². The maximum Gasteiger partial charge on any atom is 0.407 e. The second-order valence-electron chi connectivity index (χ2n) is 4.01. The summed E-state index contributed by atoms with van der Waals surface area (Å²) in [5.41, 5.74) is 0.393. The normalized spacial score (nSPS) is 11.4. The van der Waals surface area contributed by atoms with Crippen LogP contribution in [0.25, 0.3) is 0 Å². The van der Waals surface area contributed by atoms with Crippen molar-refractivity contribution in [3.63, 3.8) is 0 Å². The largest absolute Gasteiger partial charge is 0.444 e. The van der Waals surface area contributed by atoms with Crippen LogP contribution in [0.5, 0.6) is 0 Å². The molecule has 3 heteroatoms. The highest BCUT2D eigenvalue weighted by molar-refractivity contribution is 5.68. The third-order valence-electron chi connectivity index (χ3n) is 1.26. The fourth-order valence-corrected chi connectivity index (χ4v) is 0.795. The van der Waals surface area contributed by atoms with Gasteiger partial charge in [-0.05, 0) is 33.3 Å². The van der Waals surface area contributed by atoms with E-state index in [0.29, 0.717) is 6.54 Å². The minimum Gasteiger partial charge on any atom is -0.444 e. The van der Waals surface area contributed by atoms with E-state index in [0.717, 1.165) is 5.57 Å². The fraction of sp³-hybridized carbons (Fsp3) is 0.545. The highest BCUT2D eigenvalue weighted by Gasteiger charge is 2.15. The van der Waals surface area contributed by atoms with E-state index in [1.54, 1.807) is 0 Å². The van der Waals surface area contributed by atoms with Crippen LogP contribution in [-0.2, 0) is 4.74 Å². The van der Waals surface area contributed by atoms with Crippen LogP contribution in [0.4, 0.5) is 4.79 Å². The topological polar surface area (TPSA) is 38.3 Å². The zero-order valence-corrected chi connectivity index (χ0v) is 9.39. The zero-order chi connectivity index (χ0) is 11.2. The van der Waals surface area contributed by atoms with E-state index >= 15 is 0 Å². The van der Waals surface area contributed by atoms with E-state index in [9.17, 15) is 4.79 Å². The molecule has 3 nitrogen and oxygen atoms in total. The Morgan fingerprint density at radius 3 is 2.50 bits per heavy atom. The number of hydrogen-bond donors (Lipinski definition) is 1. The average Bonchev–Trinajstić information content (AvgIpc) is 1.98. The molecule has 14 heavy (non-hydrogen) atoms. The first-order valence-electron chi connectivity index (χ1n) is 4.62. The van der Waals surface area contributed by atoms with Gasteiger partial charge < -0.3 is 10.1 Å². The maximum atomic E-state index is 11.2. The minimum absolute atomic E-state index is 0.414. The second kappa shape index (κ2) is 5.47. The van der Waals surface area contributed by atoms with Crippen molar-refractivity contribution >= 4 is 6.09 Å². The molecule has 0 heterocycles. The molecule has 0 radical (unpaired) electrons. The van der Waals surface area contributed by atoms with Gasteiger partial charge in [0.25, 0.3) is 0 Å². The molecule has 0 rings (SSSR count). The number of carbonyl (C=O) groups is 1. The molecule has 0 bridgehead atoms. The van der Waals surface area contributed by atoms with Crippen LogP contribution < -0.4 is 5.32 Å². The molecule has 0 aliphatic rings. The quantitative estimate of drug-likeness (QED) is 0.706. The number of amides is 1. The van der Waals surface area contributed by atoms with Gasteiger partial charge in [0.2, 0.25) is 0 Å². The monoisotopic (exact) mass is 197 g/mol. The van der Waals surface area contributed by atoms with Gasteiger partial charge in [-0.1, -0.05) is 18.7 Å². The molecule has 0 aromatic carbocycles. The SMILES string of the molecule is C=C(/C=C\C)CNC(=O)OC(C)(C)C. The van der Waals surface area contributed by atoms with Gasteiger partial charge in [-0.3, -0.25) is 0 Å².